The van der Waals surface area contributed by atoms with E-state index in [1.54, 1.807) is 0 Å². The average Bonchev–Trinajstić information content (AvgIpc) is 2.51. The molecule has 2 aromatic rings. The van der Waals surface area contributed by atoms with E-state index in [0.29, 0.717) is 0 Å². The number of hydrogen-bond acceptors (Lipinski definition) is 4. The van der Waals surface area contributed by atoms with Gasteiger partial charge in [0, 0.05) is 12.1 Å². The van der Waals surface area contributed by atoms with Crippen LogP contribution in [0.5, 0.6) is 0 Å². The fourth-order valence-corrected chi connectivity index (χ4v) is 2.25. The molecule has 0 unspecified atom stereocenters. The van der Waals surface area contributed by atoms with Gasteiger partial charge in [-0.15, -0.1) is 0 Å². The van der Waals surface area contributed by atoms with Crippen LogP contribution in [0.2, 0.25) is 0 Å². The third kappa shape index (κ3) is 4.56. The molecule has 8 heteroatoms. The molecule has 2 N–H and O–H groups in total. The maximum Gasteiger partial charge on any atom is 0.271 e. The lowest BCUT2D eigenvalue weighted by Gasteiger charge is -2.11. The Hall–Kier alpha value is -2.87. The van der Waals surface area contributed by atoms with Crippen LogP contribution in [0, 0.1) is 22.9 Å². The van der Waals surface area contributed by atoms with Crippen molar-refractivity contribution in [3.8, 4) is 0 Å². The van der Waals surface area contributed by atoms with E-state index >= 15 is 0 Å². The Balaban J connectivity index is 2.00. The second-order valence-electron chi connectivity index (χ2n) is 5.03. The van der Waals surface area contributed by atoms with Crippen molar-refractivity contribution < 1.29 is 14.1 Å². The molecule has 0 aliphatic heterocycles. The zero-order valence-corrected chi connectivity index (χ0v) is 13.5. The number of nitrogens with zero attached hydrogens (tertiary/aromatic N) is 1. The normalized spacial score (nSPS) is 10.1. The highest BCUT2D eigenvalue weighted by Crippen LogP contribution is 2.21. The Morgan fingerprint density at radius 3 is 2.67 bits per heavy atom. The lowest BCUT2D eigenvalue weighted by Crippen LogP contribution is -2.35. The van der Waals surface area contributed by atoms with E-state index in [4.69, 9.17) is 12.2 Å². The third-order valence-corrected chi connectivity index (χ3v) is 3.48. The smallest absolute Gasteiger partial charge is 0.271 e. The molecule has 0 heterocycles. The maximum atomic E-state index is 13.7. The highest BCUT2D eigenvalue weighted by atomic mass is 32.1. The van der Waals surface area contributed by atoms with Crippen molar-refractivity contribution in [1.82, 2.24) is 5.32 Å². The molecule has 6 nitrogen and oxygen atoms in total. The molecule has 0 aromatic heterocycles. The molecule has 0 saturated carbocycles. The summed E-state index contributed by atoms with van der Waals surface area (Å²) in [7, 11) is 0. The number of amides is 1. The molecule has 0 aliphatic carbocycles. The van der Waals surface area contributed by atoms with Gasteiger partial charge in [-0.3, -0.25) is 14.9 Å². The van der Waals surface area contributed by atoms with Crippen molar-refractivity contribution in [2.75, 3.05) is 5.32 Å². The van der Waals surface area contributed by atoms with E-state index in [9.17, 15) is 19.3 Å². The maximum absolute atomic E-state index is 13.7. The van der Waals surface area contributed by atoms with Gasteiger partial charge in [0.1, 0.15) is 5.82 Å². The van der Waals surface area contributed by atoms with Gasteiger partial charge >= 0.3 is 0 Å². The summed E-state index contributed by atoms with van der Waals surface area (Å²) >= 11 is 4.95. The number of rotatable bonds is 4. The molecule has 0 saturated heterocycles. The number of carbonyl (C=O) groups is 1. The summed E-state index contributed by atoms with van der Waals surface area (Å²) in [4.78, 5) is 22.1. The topological polar surface area (TPSA) is 84.3 Å². The monoisotopic (exact) mass is 347 g/mol. The van der Waals surface area contributed by atoms with Crippen molar-refractivity contribution in [2.24, 2.45) is 0 Å². The van der Waals surface area contributed by atoms with E-state index in [2.05, 4.69) is 10.6 Å². The Morgan fingerprint density at radius 1 is 1.29 bits per heavy atom. The Bertz CT molecular complexity index is 811. The Morgan fingerprint density at radius 2 is 2.00 bits per heavy atom. The summed E-state index contributed by atoms with van der Waals surface area (Å²) in [5.41, 5.74) is 1.36. The minimum atomic E-state index is -0.712. The van der Waals surface area contributed by atoms with Gasteiger partial charge in [-0.25, -0.2) is 4.39 Å². The van der Waals surface area contributed by atoms with Crippen molar-refractivity contribution in [2.45, 2.75) is 13.3 Å². The van der Waals surface area contributed by atoms with Crippen molar-refractivity contribution in [3.05, 3.63) is 69.5 Å². The molecule has 0 bridgehead atoms. The predicted octanol–water partition coefficient (Wildman–Crippen LogP) is 3.10. The minimum absolute atomic E-state index is 0.117. The standard InChI is InChI=1S/C16H14FN3O3S/c1-10-4-2-3-5-11(10)8-15(21)19-16(24)18-14-9-12(20(22)23)6-7-13(14)17/h2-7,9H,8H2,1H3,(H2,18,19,21,24). The molecule has 2 rings (SSSR count). The molecule has 0 radical (unpaired) electrons. The molecule has 0 aliphatic rings. The van der Waals surface area contributed by atoms with Gasteiger partial charge in [-0.05, 0) is 36.3 Å². The Kier molecular flexibility index (Phi) is 5.54. The molecule has 1 amide bonds. The largest absolute Gasteiger partial charge is 0.330 e. The van der Waals surface area contributed by atoms with E-state index < -0.39 is 10.7 Å². The first-order valence-electron chi connectivity index (χ1n) is 6.96. The molecule has 0 fully saturated rings. The number of aryl methyl sites for hydroxylation is 1. The predicted molar refractivity (Wildman–Crippen MR) is 92.3 cm³/mol. The molecular formula is C16H14FN3O3S. The molecular weight excluding hydrogens is 333 g/mol. The van der Waals surface area contributed by atoms with Crippen LogP contribution >= 0.6 is 12.2 Å². The summed E-state index contributed by atoms with van der Waals surface area (Å²) < 4.78 is 13.7. The second kappa shape index (κ2) is 7.60. The van der Waals surface area contributed by atoms with Crippen LogP contribution in [0.3, 0.4) is 0 Å². The molecule has 0 spiro atoms. The van der Waals surface area contributed by atoms with Crippen molar-refractivity contribution in [3.63, 3.8) is 0 Å². The summed E-state index contributed by atoms with van der Waals surface area (Å²) in [5.74, 6) is -1.08. The highest BCUT2D eigenvalue weighted by molar-refractivity contribution is 7.80. The number of hydrogen-bond donors (Lipinski definition) is 2. The number of carbonyl (C=O) groups excluding carboxylic acids is 1. The van der Waals surface area contributed by atoms with E-state index in [-0.39, 0.29) is 28.8 Å². The van der Waals surface area contributed by atoms with E-state index in [1.165, 1.54) is 0 Å². The lowest BCUT2D eigenvalue weighted by molar-refractivity contribution is -0.384. The van der Waals surface area contributed by atoms with Gasteiger partial charge < -0.3 is 10.6 Å². The third-order valence-electron chi connectivity index (χ3n) is 3.27. The fourth-order valence-electron chi connectivity index (χ4n) is 2.03. The first-order chi connectivity index (χ1) is 11.4. The number of nitro benzene ring substituents is 1. The SMILES string of the molecule is Cc1ccccc1CC(=O)NC(=S)Nc1cc([N+](=O)[O-])ccc1F. The van der Waals surface area contributed by atoms with Gasteiger partial charge in [0.05, 0.1) is 17.0 Å². The van der Waals surface area contributed by atoms with Crippen molar-refractivity contribution >= 4 is 34.6 Å². The number of halogens is 1. The average molecular weight is 347 g/mol. The zero-order chi connectivity index (χ0) is 17.7. The van der Waals surface area contributed by atoms with Gasteiger partial charge in [0.25, 0.3) is 5.69 Å². The molecule has 124 valence electrons. The van der Waals surface area contributed by atoms with Gasteiger partial charge in [-0.2, -0.15) is 0 Å². The minimum Gasteiger partial charge on any atom is -0.330 e. The van der Waals surface area contributed by atoms with E-state index in [1.807, 2.05) is 31.2 Å². The lowest BCUT2D eigenvalue weighted by atomic mass is 10.1. The number of non-ortho nitro benzene ring substituents is 1. The summed E-state index contributed by atoms with van der Waals surface area (Å²) in [6.45, 7) is 1.89. The van der Waals surface area contributed by atoms with Gasteiger partial charge in [-0.1, -0.05) is 24.3 Å². The van der Waals surface area contributed by atoms with Crippen LogP contribution in [0.4, 0.5) is 15.8 Å². The number of nitro groups is 1. The van der Waals surface area contributed by atoms with Crippen molar-refractivity contribution in [1.29, 1.82) is 0 Å². The molecule has 2 aromatic carbocycles. The highest BCUT2D eigenvalue weighted by Gasteiger charge is 2.13. The van der Waals surface area contributed by atoms with Gasteiger partial charge in [0.2, 0.25) is 5.91 Å². The second-order valence-corrected chi connectivity index (χ2v) is 5.44. The number of thiocarbonyl (C=S) groups is 1. The summed E-state index contributed by atoms with van der Waals surface area (Å²) in [5, 5.41) is 15.5. The van der Waals surface area contributed by atoms with Crippen LogP contribution in [-0.4, -0.2) is 15.9 Å². The molecule has 0 atom stereocenters. The van der Waals surface area contributed by atoms with E-state index in [0.717, 1.165) is 29.3 Å². The van der Waals surface area contributed by atoms with Crippen LogP contribution in [0.15, 0.2) is 42.5 Å². The first-order valence-corrected chi connectivity index (χ1v) is 7.37. The number of benzene rings is 2. The van der Waals surface area contributed by atoms with Crippen LogP contribution in [0.1, 0.15) is 11.1 Å². The van der Waals surface area contributed by atoms with Crippen LogP contribution < -0.4 is 10.6 Å². The van der Waals surface area contributed by atoms with Crippen LogP contribution in [-0.2, 0) is 11.2 Å². The summed E-state index contributed by atoms with van der Waals surface area (Å²) in [6.07, 6.45) is 0.117. The fraction of sp³-hybridized carbons (Fsp3) is 0.125. The molecule has 24 heavy (non-hydrogen) atoms. The summed E-state index contributed by atoms with van der Waals surface area (Å²) in [6, 6.07) is 10.4. The number of anilines is 1. The van der Waals surface area contributed by atoms with Crippen LogP contribution in [0.25, 0.3) is 0 Å². The first kappa shape index (κ1) is 17.5. The number of nitrogens with one attached hydrogen (secondary N) is 2. The van der Waals surface area contributed by atoms with Gasteiger partial charge in [0.15, 0.2) is 5.11 Å². The Labute approximate surface area is 142 Å². The zero-order valence-electron chi connectivity index (χ0n) is 12.7. The quantitative estimate of drug-likeness (QED) is 0.504.